The number of carbonyl (C=O) groups excluding carboxylic acids is 1. The van der Waals surface area contributed by atoms with E-state index in [0.29, 0.717) is 16.4 Å². The number of piperidine rings is 1. The van der Waals surface area contributed by atoms with Gasteiger partial charge in [0.05, 0.1) is 5.52 Å². The van der Waals surface area contributed by atoms with Crippen molar-refractivity contribution in [2.24, 2.45) is 0 Å². The molecule has 6 heteroatoms. The number of hydrogen-bond donors (Lipinski definition) is 0. The number of carbonyl (C=O) groups is 1. The van der Waals surface area contributed by atoms with Crippen LogP contribution in [-0.2, 0) is 4.79 Å². The van der Waals surface area contributed by atoms with E-state index in [2.05, 4.69) is 4.98 Å². The lowest BCUT2D eigenvalue weighted by molar-refractivity contribution is -0.138. The lowest BCUT2D eigenvalue weighted by Gasteiger charge is -2.29. The van der Waals surface area contributed by atoms with Crippen LogP contribution in [0, 0.1) is 12.7 Å². The maximum absolute atomic E-state index is 13.5. The molecule has 1 aliphatic rings. The van der Waals surface area contributed by atoms with Gasteiger partial charge in [0.25, 0.3) is 5.91 Å². The second kappa shape index (κ2) is 8.60. The molecule has 1 saturated heterocycles. The van der Waals surface area contributed by atoms with Crippen LogP contribution in [0.15, 0.2) is 42.5 Å². The minimum absolute atomic E-state index is 0.0106. The number of amides is 1. The molecule has 0 spiro atoms. The average Bonchev–Trinajstić information content (AvgIpc) is 2.73. The van der Waals surface area contributed by atoms with E-state index in [9.17, 15) is 9.18 Å². The highest BCUT2D eigenvalue weighted by atomic mass is 35.5. The van der Waals surface area contributed by atoms with Gasteiger partial charge in [-0.15, -0.1) is 0 Å². The van der Waals surface area contributed by atoms with Crippen molar-refractivity contribution in [3.63, 3.8) is 0 Å². The monoisotopic (exact) mass is 426 g/mol. The molecule has 156 valence electrons. The Labute approximate surface area is 180 Å². The van der Waals surface area contributed by atoms with Crippen LogP contribution in [0.2, 0.25) is 5.15 Å². The molecule has 1 atom stereocenters. The van der Waals surface area contributed by atoms with Crippen LogP contribution in [0.3, 0.4) is 0 Å². The summed E-state index contributed by atoms with van der Waals surface area (Å²) in [7, 11) is 0. The van der Waals surface area contributed by atoms with Gasteiger partial charge in [-0.05, 0) is 80.1 Å². The van der Waals surface area contributed by atoms with Gasteiger partial charge in [0.15, 0.2) is 6.10 Å². The summed E-state index contributed by atoms with van der Waals surface area (Å²) in [5, 5.41) is 1.23. The van der Waals surface area contributed by atoms with Crippen molar-refractivity contribution >= 4 is 28.4 Å². The smallest absolute Gasteiger partial charge is 0.263 e. The molecule has 1 aliphatic heterocycles. The predicted molar refractivity (Wildman–Crippen MR) is 117 cm³/mol. The van der Waals surface area contributed by atoms with Crippen LogP contribution in [-0.4, -0.2) is 35.0 Å². The van der Waals surface area contributed by atoms with Gasteiger partial charge in [-0.1, -0.05) is 17.7 Å². The van der Waals surface area contributed by atoms with Crippen molar-refractivity contribution in [2.75, 3.05) is 13.1 Å². The third-order valence-corrected chi connectivity index (χ3v) is 5.75. The first-order chi connectivity index (χ1) is 14.4. The summed E-state index contributed by atoms with van der Waals surface area (Å²) in [6.45, 7) is 5.23. The van der Waals surface area contributed by atoms with Crippen molar-refractivity contribution in [2.45, 2.75) is 39.2 Å². The third-order valence-electron chi connectivity index (χ3n) is 5.56. The van der Waals surface area contributed by atoms with Gasteiger partial charge in [0, 0.05) is 24.5 Å². The highest BCUT2D eigenvalue weighted by Crippen LogP contribution is 2.34. The molecule has 0 saturated carbocycles. The average molecular weight is 427 g/mol. The maximum Gasteiger partial charge on any atom is 0.263 e. The number of halogens is 2. The van der Waals surface area contributed by atoms with E-state index >= 15 is 0 Å². The molecule has 0 bridgehead atoms. The molecular weight excluding hydrogens is 403 g/mol. The molecule has 1 amide bonds. The Morgan fingerprint density at radius 2 is 1.87 bits per heavy atom. The summed E-state index contributed by atoms with van der Waals surface area (Å²) in [6, 6.07) is 12.0. The number of ether oxygens (including phenoxy) is 1. The highest BCUT2D eigenvalue weighted by molar-refractivity contribution is 6.30. The molecule has 1 unspecified atom stereocenters. The zero-order chi connectivity index (χ0) is 21.3. The van der Waals surface area contributed by atoms with Gasteiger partial charge < -0.3 is 9.64 Å². The number of rotatable bonds is 4. The number of fused-ring (bicyclic) bond motifs is 1. The first-order valence-corrected chi connectivity index (χ1v) is 10.6. The fourth-order valence-electron chi connectivity index (χ4n) is 4.03. The Morgan fingerprint density at radius 1 is 1.10 bits per heavy atom. The van der Waals surface area contributed by atoms with Gasteiger partial charge in [0.1, 0.15) is 16.7 Å². The Morgan fingerprint density at radius 3 is 2.60 bits per heavy atom. The highest BCUT2D eigenvalue weighted by Gasteiger charge is 2.23. The van der Waals surface area contributed by atoms with Crippen LogP contribution in [0.1, 0.15) is 31.7 Å². The van der Waals surface area contributed by atoms with Gasteiger partial charge in [-0.3, -0.25) is 4.79 Å². The van der Waals surface area contributed by atoms with Crippen LogP contribution in [0.4, 0.5) is 4.39 Å². The van der Waals surface area contributed by atoms with E-state index in [-0.39, 0.29) is 11.7 Å². The molecule has 1 fully saturated rings. The molecular formula is C24H24ClFN2O2. The van der Waals surface area contributed by atoms with Crippen LogP contribution in [0.25, 0.3) is 22.0 Å². The summed E-state index contributed by atoms with van der Waals surface area (Å²) in [6.07, 6.45) is 2.69. The van der Waals surface area contributed by atoms with Gasteiger partial charge >= 0.3 is 0 Å². The van der Waals surface area contributed by atoms with E-state index < -0.39 is 6.10 Å². The minimum atomic E-state index is -0.571. The Bertz CT molecular complexity index is 1100. The molecule has 0 N–H and O–H groups in total. The Hall–Kier alpha value is -2.66. The molecule has 4 rings (SSSR count). The maximum atomic E-state index is 13.5. The Balaban J connectivity index is 1.64. The fraction of sp³-hybridized carbons (Fsp3) is 0.333. The second-order valence-corrected chi connectivity index (χ2v) is 8.16. The molecule has 2 aromatic carbocycles. The number of hydrogen-bond acceptors (Lipinski definition) is 3. The number of aromatic nitrogens is 1. The largest absolute Gasteiger partial charge is 0.481 e. The lowest BCUT2D eigenvalue weighted by atomic mass is 9.97. The number of likely N-dealkylation sites (tertiary alicyclic amines) is 1. The molecule has 2 heterocycles. The number of benzene rings is 2. The van der Waals surface area contributed by atoms with Crippen LogP contribution >= 0.6 is 11.6 Å². The van der Waals surface area contributed by atoms with E-state index in [4.69, 9.17) is 16.3 Å². The molecule has 30 heavy (non-hydrogen) atoms. The van der Waals surface area contributed by atoms with E-state index in [1.165, 1.54) is 18.6 Å². The molecule has 0 radical (unpaired) electrons. The fourth-order valence-corrected chi connectivity index (χ4v) is 4.23. The lowest BCUT2D eigenvalue weighted by Crippen LogP contribution is -2.43. The Kier molecular flexibility index (Phi) is 5.91. The topological polar surface area (TPSA) is 42.4 Å². The van der Waals surface area contributed by atoms with E-state index in [1.54, 1.807) is 25.1 Å². The SMILES string of the molecule is Cc1cc(F)ccc1-c1cc(Cl)nc2cc(OC(C)C(=O)N3CCCCC3)ccc12. The van der Waals surface area contributed by atoms with Gasteiger partial charge in [-0.2, -0.15) is 0 Å². The van der Waals surface area contributed by atoms with Crippen molar-refractivity contribution in [3.8, 4) is 16.9 Å². The van der Waals surface area contributed by atoms with Crippen LogP contribution < -0.4 is 4.74 Å². The van der Waals surface area contributed by atoms with Crippen molar-refractivity contribution in [3.05, 3.63) is 59.0 Å². The first kappa shape index (κ1) is 20.6. The summed E-state index contributed by atoms with van der Waals surface area (Å²) in [5.74, 6) is 0.303. The normalized spacial score (nSPS) is 15.3. The summed E-state index contributed by atoms with van der Waals surface area (Å²) >= 11 is 6.28. The van der Waals surface area contributed by atoms with Crippen molar-refractivity contribution < 1.29 is 13.9 Å². The van der Waals surface area contributed by atoms with E-state index in [0.717, 1.165) is 48.0 Å². The van der Waals surface area contributed by atoms with E-state index in [1.807, 2.05) is 24.0 Å². The second-order valence-electron chi connectivity index (χ2n) is 7.78. The van der Waals surface area contributed by atoms with Crippen molar-refractivity contribution in [1.82, 2.24) is 9.88 Å². The zero-order valence-electron chi connectivity index (χ0n) is 17.1. The number of aryl methyl sites for hydroxylation is 1. The number of pyridine rings is 1. The van der Waals surface area contributed by atoms with Gasteiger partial charge in [0.2, 0.25) is 0 Å². The van der Waals surface area contributed by atoms with Gasteiger partial charge in [-0.25, -0.2) is 9.37 Å². The molecule has 3 aromatic rings. The number of nitrogens with zero attached hydrogens (tertiary/aromatic N) is 2. The summed E-state index contributed by atoms with van der Waals surface area (Å²) in [5.41, 5.74) is 3.26. The van der Waals surface area contributed by atoms with Crippen molar-refractivity contribution in [1.29, 1.82) is 0 Å². The molecule has 1 aromatic heterocycles. The summed E-state index contributed by atoms with van der Waals surface area (Å²) in [4.78, 5) is 19.0. The quantitative estimate of drug-likeness (QED) is 0.496. The summed E-state index contributed by atoms with van der Waals surface area (Å²) < 4.78 is 19.5. The zero-order valence-corrected chi connectivity index (χ0v) is 17.9. The molecule has 0 aliphatic carbocycles. The standard InChI is InChI=1S/C24H24ClFN2O2/c1-15-12-17(26)6-8-19(15)21-14-23(25)27-22-13-18(7-9-20(21)22)30-16(2)24(29)28-10-4-3-5-11-28/h6-9,12-14,16H,3-5,10-11H2,1-2H3. The third kappa shape index (κ3) is 4.26. The minimum Gasteiger partial charge on any atom is -0.481 e. The predicted octanol–water partition coefficient (Wildman–Crippen LogP) is 5.78. The van der Waals surface area contributed by atoms with Crippen LogP contribution in [0.5, 0.6) is 5.75 Å². The first-order valence-electron chi connectivity index (χ1n) is 10.2. The molecule has 4 nitrogen and oxygen atoms in total.